The van der Waals surface area contributed by atoms with Gasteiger partial charge in [-0.05, 0) is 47.5 Å². The molecule has 0 atom stereocenters. The van der Waals surface area contributed by atoms with Gasteiger partial charge in [0.15, 0.2) is 0 Å². The average Bonchev–Trinajstić information content (AvgIpc) is 2.72. The van der Waals surface area contributed by atoms with Gasteiger partial charge in [0.05, 0.1) is 15.9 Å². The molecule has 19 heavy (non-hydrogen) atoms. The third-order valence-corrected chi connectivity index (χ3v) is 5.27. The van der Waals surface area contributed by atoms with Crippen LogP contribution in [0.2, 0.25) is 0 Å². The van der Waals surface area contributed by atoms with E-state index in [1.54, 1.807) is 0 Å². The first-order chi connectivity index (χ1) is 9.15. The molecule has 0 bridgehead atoms. The van der Waals surface area contributed by atoms with E-state index in [0.717, 1.165) is 28.0 Å². The highest BCUT2D eigenvalue weighted by Crippen LogP contribution is 2.29. The number of nitrogens with zero attached hydrogens (tertiary/aromatic N) is 2. The zero-order chi connectivity index (χ0) is 13.8. The van der Waals surface area contributed by atoms with Crippen molar-refractivity contribution in [2.45, 2.75) is 36.9 Å². The SMILES string of the molecule is CCn1nc(C)c(Br)c1CSc1ccc(CCl)cc1. The molecule has 0 saturated carbocycles. The first kappa shape index (κ1) is 14.9. The molecule has 2 aromatic rings. The number of aromatic nitrogens is 2. The lowest BCUT2D eigenvalue weighted by atomic mass is 10.2. The predicted molar refractivity (Wildman–Crippen MR) is 85.9 cm³/mol. The van der Waals surface area contributed by atoms with Crippen molar-refractivity contribution in [2.24, 2.45) is 0 Å². The zero-order valence-electron chi connectivity index (χ0n) is 11.0. The predicted octanol–water partition coefficient (Wildman–Crippen LogP) is 5.01. The second-order valence-electron chi connectivity index (χ2n) is 4.23. The molecule has 0 saturated heterocycles. The van der Waals surface area contributed by atoms with Crippen molar-refractivity contribution in [1.29, 1.82) is 0 Å². The first-order valence-corrected chi connectivity index (χ1v) is 8.46. The summed E-state index contributed by atoms with van der Waals surface area (Å²) in [5.74, 6) is 1.48. The summed E-state index contributed by atoms with van der Waals surface area (Å²) in [4.78, 5) is 1.25. The van der Waals surface area contributed by atoms with Gasteiger partial charge in [-0.3, -0.25) is 4.68 Å². The second kappa shape index (κ2) is 6.82. The van der Waals surface area contributed by atoms with Crippen LogP contribution in [0.5, 0.6) is 0 Å². The molecule has 0 fully saturated rings. The maximum atomic E-state index is 5.79. The molecule has 0 unspecified atom stereocenters. The Morgan fingerprint density at radius 1 is 1.32 bits per heavy atom. The van der Waals surface area contributed by atoms with Gasteiger partial charge in [-0.2, -0.15) is 5.10 Å². The van der Waals surface area contributed by atoms with Gasteiger partial charge in [-0.15, -0.1) is 23.4 Å². The molecule has 1 heterocycles. The normalized spacial score (nSPS) is 10.9. The topological polar surface area (TPSA) is 17.8 Å². The van der Waals surface area contributed by atoms with E-state index in [2.05, 4.69) is 56.9 Å². The highest BCUT2D eigenvalue weighted by molar-refractivity contribution is 9.10. The largest absolute Gasteiger partial charge is 0.268 e. The summed E-state index contributed by atoms with van der Waals surface area (Å²) in [6.45, 7) is 5.04. The lowest BCUT2D eigenvalue weighted by Gasteiger charge is -2.06. The summed E-state index contributed by atoms with van der Waals surface area (Å²) < 4.78 is 3.18. The Labute approximate surface area is 131 Å². The zero-order valence-corrected chi connectivity index (χ0v) is 14.1. The molecule has 0 aliphatic rings. The van der Waals surface area contributed by atoms with Crippen LogP contribution in [0, 0.1) is 6.92 Å². The minimum absolute atomic E-state index is 0.568. The highest BCUT2D eigenvalue weighted by Gasteiger charge is 2.12. The molecule has 1 aromatic heterocycles. The van der Waals surface area contributed by atoms with Gasteiger partial charge in [0.25, 0.3) is 0 Å². The van der Waals surface area contributed by atoms with E-state index in [4.69, 9.17) is 11.6 Å². The molecule has 2 rings (SSSR count). The summed E-state index contributed by atoms with van der Waals surface area (Å²) in [6, 6.07) is 8.39. The maximum Gasteiger partial charge on any atom is 0.0739 e. The Hall–Kier alpha value is -0.450. The van der Waals surface area contributed by atoms with Gasteiger partial charge in [0, 0.05) is 23.1 Å². The molecule has 2 nitrogen and oxygen atoms in total. The number of alkyl halides is 1. The van der Waals surface area contributed by atoms with Crippen LogP contribution >= 0.6 is 39.3 Å². The van der Waals surface area contributed by atoms with Crippen LogP contribution in [0.4, 0.5) is 0 Å². The van der Waals surface area contributed by atoms with Gasteiger partial charge in [0.2, 0.25) is 0 Å². The van der Waals surface area contributed by atoms with Gasteiger partial charge in [-0.1, -0.05) is 12.1 Å². The number of rotatable bonds is 5. The number of benzene rings is 1. The van der Waals surface area contributed by atoms with Crippen molar-refractivity contribution < 1.29 is 0 Å². The van der Waals surface area contributed by atoms with Crippen LogP contribution in [0.1, 0.15) is 23.9 Å². The molecular formula is C14H16BrClN2S. The van der Waals surface area contributed by atoms with Crippen molar-refractivity contribution in [2.75, 3.05) is 0 Å². The van der Waals surface area contributed by atoms with E-state index in [0.29, 0.717) is 5.88 Å². The Morgan fingerprint density at radius 2 is 2.00 bits per heavy atom. The van der Waals surface area contributed by atoms with E-state index in [1.165, 1.54) is 10.6 Å². The molecule has 0 amide bonds. The molecule has 0 radical (unpaired) electrons. The molecular weight excluding hydrogens is 344 g/mol. The number of halogens is 2. The summed E-state index contributed by atoms with van der Waals surface area (Å²) >= 11 is 11.2. The smallest absolute Gasteiger partial charge is 0.0739 e. The minimum atomic E-state index is 0.568. The van der Waals surface area contributed by atoms with Crippen molar-refractivity contribution in [3.05, 3.63) is 45.7 Å². The van der Waals surface area contributed by atoms with Gasteiger partial charge < -0.3 is 0 Å². The number of hydrogen-bond donors (Lipinski definition) is 0. The third-order valence-electron chi connectivity index (χ3n) is 2.91. The van der Waals surface area contributed by atoms with Crippen LogP contribution < -0.4 is 0 Å². The van der Waals surface area contributed by atoms with Gasteiger partial charge >= 0.3 is 0 Å². The van der Waals surface area contributed by atoms with Gasteiger partial charge in [0.1, 0.15) is 0 Å². The third kappa shape index (κ3) is 3.56. The fourth-order valence-corrected chi connectivity index (χ4v) is 3.55. The molecule has 0 aliphatic heterocycles. The molecule has 1 aromatic carbocycles. The standard InChI is InChI=1S/C14H16BrClN2S/c1-3-18-13(14(15)10(2)17-18)9-19-12-6-4-11(8-16)5-7-12/h4-7H,3,8-9H2,1-2H3. The highest BCUT2D eigenvalue weighted by atomic mass is 79.9. The van der Waals surface area contributed by atoms with Crippen LogP contribution in [-0.2, 0) is 18.2 Å². The van der Waals surface area contributed by atoms with Crippen LogP contribution in [-0.4, -0.2) is 9.78 Å². The molecule has 0 aliphatic carbocycles. The lowest BCUT2D eigenvalue weighted by molar-refractivity contribution is 0.631. The average molecular weight is 360 g/mol. The Bertz CT molecular complexity index is 551. The van der Waals surface area contributed by atoms with Crippen molar-refractivity contribution in [3.8, 4) is 0 Å². The quantitative estimate of drug-likeness (QED) is 0.552. The number of aryl methyl sites for hydroxylation is 2. The summed E-state index contributed by atoms with van der Waals surface area (Å²) in [7, 11) is 0. The molecule has 102 valence electrons. The van der Waals surface area contributed by atoms with E-state index in [9.17, 15) is 0 Å². The van der Waals surface area contributed by atoms with Crippen molar-refractivity contribution in [3.63, 3.8) is 0 Å². The Kier molecular flexibility index (Phi) is 5.37. The molecule has 5 heteroatoms. The van der Waals surface area contributed by atoms with Crippen molar-refractivity contribution >= 4 is 39.3 Å². The van der Waals surface area contributed by atoms with E-state index in [-0.39, 0.29) is 0 Å². The summed E-state index contributed by atoms with van der Waals surface area (Å²) in [6.07, 6.45) is 0. The van der Waals surface area contributed by atoms with Crippen LogP contribution in [0.3, 0.4) is 0 Å². The lowest BCUT2D eigenvalue weighted by Crippen LogP contribution is -2.01. The van der Waals surface area contributed by atoms with Crippen LogP contribution in [0.25, 0.3) is 0 Å². The summed E-state index contributed by atoms with van der Waals surface area (Å²) in [5, 5.41) is 4.51. The summed E-state index contributed by atoms with van der Waals surface area (Å²) in [5.41, 5.74) is 3.45. The Morgan fingerprint density at radius 3 is 2.58 bits per heavy atom. The van der Waals surface area contributed by atoms with E-state index in [1.807, 2.05) is 18.7 Å². The molecule has 0 spiro atoms. The van der Waals surface area contributed by atoms with E-state index < -0.39 is 0 Å². The van der Waals surface area contributed by atoms with Crippen molar-refractivity contribution in [1.82, 2.24) is 9.78 Å². The number of hydrogen-bond acceptors (Lipinski definition) is 2. The number of thioether (sulfide) groups is 1. The van der Waals surface area contributed by atoms with Crippen LogP contribution in [0.15, 0.2) is 33.6 Å². The van der Waals surface area contributed by atoms with Gasteiger partial charge in [-0.25, -0.2) is 0 Å². The maximum absolute atomic E-state index is 5.79. The first-order valence-electron chi connectivity index (χ1n) is 6.15. The Balaban J connectivity index is 2.09. The monoisotopic (exact) mass is 358 g/mol. The minimum Gasteiger partial charge on any atom is -0.268 e. The molecule has 0 N–H and O–H groups in total. The fourth-order valence-electron chi connectivity index (χ4n) is 1.83. The fraction of sp³-hybridized carbons (Fsp3) is 0.357. The second-order valence-corrected chi connectivity index (χ2v) is 6.34. The van der Waals surface area contributed by atoms with E-state index >= 15 is 0 Å².